The van der Waals surface area contributed by atoms with Crippen molar-refractivity contribution < 1.29 is 13.6 Å². The van der Waals surface area contributed by atoms with Crippen LogP contribution in [-0.4, -0.2) is 5.91 Å². The predicted octanol–water partition coefficient (Wildman–Crippen LogP) is 2.98. The summed E-state index contributed by atoms with van der Waals surface area (Å²) < 4.78 is 27.0. The Hall–Kier alpha value is -2.27. The lowest BCUT2D eigenvalue weighted by molar-refractivity contribution is 0.102. The van der Waals surface area contributed by atoms with Crippen LogP contribution in [0.1, 0.15) is 21.5 Å². The number of hydrogen-bond acceptors (Lipinski definition) is 2. The summed E-state index contributed by atoms with van der Waals surface area (Å²) in [5.41, 5.74) is 6.71. The first kappa shape index (κ1) is 14.1. The minimum Gasteiger partial charge on any atom is -0.326 e. The van der Waals surface area contributed by atoms with Crippen molar-refractivity contribution in [2.45, 2.75) is 13.5 Å². The number of aryl methyl sites for hydroxylation is 1. The van der Waals surface area contributed by atoms with E-state index in [-0.39, 0.29) is 17.7 Å². The Balaban J connectivity index is 2.23. The van der Waals surface area contributed by atoms with Gasteiger partial charge in [0.15, 0.2) is 0 Å². The number of nitrogens with two attached hydrogens (primary N) is 1. The molecular formula is C15H14F2N2O. The number of nitrogens with one attached hydrogen (secondary N) is 1. The molecule has 0 fully saturated rings. The number of carbonyl (C=O) groups is 1. The summed E-state index contributed by atoms with van der Waals surface area (Å²) in [6.45, 7) is 1.76. The number of rotatable bonds is 3. The van der Waals surface area contributed by atoms with Gasteiger partial charge in [0.25, 0.3) is 5.91 Å². The van der Waals surface area contributed by atoms with Crippen LogP contribution >= 0.6 is 0 Å². The van der Waals surface area contributed by atoms with E-state index in [2.05, 4.69) is 5.32 Å². The monoisotopic (exact) mass is 276 g/mol. The van der Waals surface area contributed by atoms with Gasteiger partial charge in [-0.25, -0.2) is 8.78 Å². The fourth-order valence-corrected chi connectivity index (χ4v) is 1.81. The van der Waals surface area contributed by atoms with Crippen molar-refractivity contribution in [3.05, 3.63) is 64.7 Å². The fraction of sp³-hybridized carbons (Fsp3) is 0.133. The molecule has 2 aromatic carbocycles. The highest BCUT2D eigenvalue weighted by molar-refractivity contribution is 6.04. The maximum atomic E-state index is 13.7. The van der Waals surface area contributed by atoms with Gasteiger partial charge in [-0.2, -0.15) is 0 Å². The van der Waals surface area contributed by atoms with Crippen LogP contribution in [0.25, 0.3) is 0 Å². The van der Waals surface area contributed by atoms with Crippen LogP contribution in [0.3, 0.4) is 0 Å². The van der Waals surface area contributed by atoms with Gasteiger partial charge < -0.3 is 11.1 Å². The van der Waals surface area contributed by atoms with Gasteiger partial charge in [0.1, 0.15) is 11.6 Å². The van der Waals surface area contributed by atoms with Crippen molar-refractivity contribution in [3.8, 4) is 0 Å². The van der Waals surface area contributed by atoms with E-state index < -0.39 is 17.5 Å². The fourth-order valence-electron chi connectivity index (χ4n) is 1.81. The molecule has 3 nitrogen and oxygen atoms in total. The van der Waals surface area contributed by atoms with Crippen molar-refractivity contribution in [1.82, 2.24) is 0 Å². The molecule has 3 N–H and O–H groups in total. The van der Waals surface area contributed by atoms with Gasteiger partial charge in [-0.15, -0.1) is 0 Å². The Bertz CT molecular complexity index is 656. The molecule has 0 unspecified atom stereocenters. The SMILES string of the molecule is Cc1ccc(C(=O)Nc2ccc(F)c(CN)c2)c(F)c1. The van der Waals surface area contributed by atoms with E-state index in [0.29, 0.717) is 5.69 Å². The first-order valence-electron chi connectivity index (χ1n) is 6.07. The Kier molecular flexibility index (Phi) is 4.10. The second kappa shape index (κ2) is 5.79. The second-order valence-electron chi connectivity index (χ2n) is 4.45. The minimum atomic E-state index is -0.594. The quantitative estimate of drug-likeness (QED) is 0.905. The van der Waals surface area contributed by atoms with E-state index in [1.807, 2.05) is 0 Å². The molecule has 0 spiro atoms. The first-order valence-corrected chi connectivity index (χ1v) is 6.07. The van der Waals surface area contributed by atoms with Crippen molar-refractivity contribution >= 4 is 11.6 Å². The van der Waals surface area contributed by atoms with E-state index in [0.717, 1.165) is 5.56 Å². The summed E-state index contributed by atoms with van der Waals surface area (Å²) in [7, 11) is 0. The van der Waals surface area contributed by atoms with Gasteiger partial charge in [0.05, 0.1) is 5.56 Å². The number of hydrogen-bond donors (Lipinski definition) is 2. The van der Waals surface area contributed by atoms with Crippen LogP contribution in [0.5, 0.6) is 0 Å². The van der Waals surface area contributed by atoms with Crippen LogP contribution in [0.4, 0.5) is 14.5 Å². The Morgan fingerprint density at radius 1 is 1.15 bits per heavy atom. The molecule has 2 aromatic rings. The number of benzene rings is 2. The standard InChI is InChI=1S/C15H14F2N2O/c1-9-2-4-12(14(17)6-9)15(20)19-11-3-5-13(16)10(7-11)8-18/h2-7H,8,18H2,1H3,(H,19,20). The molecule has 0 aliphatic rings. The van der Waals surface area contributed by atoms with Crippen LogP contribution < -0.4 is 11.1 Å². The molecule has 0 atom stereocenters. The summed E-state index contributed by atoms with van der Waals surface area (Å²) in [4.78, 5) is 12.0. The molecule has 0 bridgehead atoms. The molecule has 5 heteroatoms. The third kappa shape index (κ3) is 3.00. The van der Waals surface area contributed by atoms with E-state index >= 15 is 0 Å². The molecule has 1 amide bonds. The molecule has 0 aliphatic heterocycles. The molecule has 20 heavy (non-hydrogen) atoms. The zero-order valence-corrected chi connectivity index (χ0v) is 10.9. The Morgan fingerprint density at radius 2 is 1.90 bits per heavy atom. The third-order valence-corrected chi connectivity index (χ3v) is 2.89. The van der Waals surface area contributed by atoms with Crippen molar-refractivity contribution in [3.63, 3.8) is 0 Å². The molecule has 0 saturated heterocycles. The molecule has 0 radical (unpaired) electrons. The van der Waals surface area contributed by atoms with Gasteiger partial charge in [0, 0.05) is 17.8 Å². The molecule has 0 saturated carbocycles. The number of anilines is 1. The average Bonchev–Trinajstić information content (AvgIpc) is 2.40. The lowest BCUT2D eigenvalue weighted by atomic mass is 10.1. The highest BCUT2D eigenvalue weighted by atomic mass is 19.1. The van der Waals surface area contributed by atoms with Gasteiger partial charge in [-0.05, 0) is 42.8 Å². The highest BCUT2D eigenvalue weighted by Crippen LogP contribution is 2.17. The molecule has 0 heterocycles. The highest BCUT2D eigenvalue weighted by Gasteiger charge is 2.12. The molecule has 0 aromatic heterocycles. The lowest BCUT2D eigenvalue weighted by Crippen LogP contribution is -2.14. The van der Waals surface area contributed by atoms with E-state index in [1.165, 1.54) is 30.3 Å². The Morgan fingerprint density at radius 3 is 2.55 bits per heavy atom. The number of amides is 1. The van der Waals surface area contributed by atoms with Crippen LogP contribution in [0.2, 0.25) is 0 Å². The van der Waals surface area contributed by atoms with Gasteiger partial charge in [-0.1, -0.05) is 6.07 Å². The van der Waals surface area contributed by atoms with E-state index in [1.54, 1.807) is 13.0 Å². The Labute approximate surface area is 115 Å². The van der Waals surface area contributed by atoms with Gasteiger partial charge >= 0.3 is 0 Å². The van der Waals surface area contributed by atoms with Crippen LogP contribution in [0, 0.1) is 18.6 Å². The average molecular weight is 276 g/mol. The third-order valence-electron chi connectivity index (χ3n) is 2.89. The predicted molar refractivity (Wildman–Crippen MR) is 73.4 cm³/mol. The lowest BCUT2D eigenvalue weighted by Gasteiger charge is -2.08. The second-order valence-corrected chi connectivity index (χ2v) is 4.45. The van der Waals surface area contributed by atoms with Crippen molar-refractivity contribution in [2.75, 3.05) is 5.32 Å². The minimum absolute atomic E-state index is 0.0223. The van der Waals surface area contributed by atoms with Crippen molar-refractivity contribution in [1.29, 1.82) is 0 Å². The molecule has 0 aliphatic carbocycles. The van der Waals surface area contributed by atoms with Gasteiger partial charge in [0.2, 0.25) is 0 Å². The summed E-state index contributed by atoms with van der Waals surface area (Å²) in [5, 5.41) is 2.52. The molecule has 104 valence electrons. The van der Waals surface area contributed by atoms with Crippen LogP contribution in [-0.2, 0) is 6.54 Å². The maximum absolute atomic E-state index is 13.7. The maximum Gasteiger partial charge on any atom is 0.258 e. The summed E-state index contributed by atoms with van der Waals surface area (Å²) in [6, 6.07) is 8.38. The van der Waals surface area contributed by atoms with Gasteiger partial charge in [-0.3, -0.25) is 4.79 Å². The number of carbonyl (C=O) groups excluding carboxylic acids is 1. The topological polar surface area (TPSA) is 55.1 Å². The smallest absolute Gasteiger partial charge is 0.258 e. The van der Waals surface area contributed by atoms with Crippen molar-refractivity contribution in [2.24, 2.45) is 5.73 Å². The normalized spacial score (nSPS) is 10.4. The molecule has 2 rings (SSSR count). The first-order chi connectivity index (χ1) is 9.51. The zero-order chi connectivity index (χ0) is 14.7. The summed E-state index contributed by atoms with van der Waals surface area (Å²) in [5.74, 6) is -1.62. The van der Waals surface area contributed by atoms with E-state index in [9.17, 15) is 13.6 Å². The number of halogens is 2. The molecular weight excluding hydrogens is 262 g/mol. The summed E-state index contributed by atoms with van der Waals surface area (Å²) in [6.07, 6.45) is 0. The van der Waals surface area contributed by atoms with E-state index in [4.69, 9.17) is 5.73 Å². The largest absolute Gasteiger partial charge is 0.326 e. The summed E-state index contributed by atoms with van der Waals surface area (Å²) >= 11 is 0. The van der Waals surface area contributed by atoms with Crippen LogP contribution in [0.15, 0.2) is 36.4 Å². The zero-order valence-electron chi connectivity index (χ0n) is 10.9.